The van der Waals surface area contributed by atoms with E-state index < -0.39 is 0 Å². The van der Waals surface area contributed by atoms with Crippen molar-refractivity contribution in [3.8, 4) is 50.6 Å². The highest BCUT2D eigenvalue weighted by atomic mass is 35.5. The maximum absolute atomic E-state index is 6.44. The van der Waals surface area contributed by atoms with Crippen LogP contribution < -0.4 is 23.7 Å². The number of hydrogen-bond donors (Lipinski definition) is 0. The van der Waals surface area contributed by atoms with Crippen LogP contribution in [0.25, 0.3) is 21.8 Å². The predicted molar refractivity (Wildman–Crippen MR) is 111 cm³/mol. The molecule has 28 heavy (non-hydrogen) atoms. The molecule has 0 fully saturated rings. The van der Waals surface area contributed by atoms with Gasteiger partial charge in [0.05, 0.1) is 51.8 Å². The Morgan fingerprint density at radius 2 is 1.18 bits per heavy atom. The highest BCUT2D eigenvalue weighted by molar-refractivity contribution is 7.13. The Hall–Kier alpha value is -2.64. The number of methoxy groups -OCH3 is 5. The molecule has 0 amide bonds. The molecule has 3 aromatic rings. The maximum atomic E-state index is 6.44. The average molecular weight is 422 g/mol. The lowest BCUT2D eigenvalue weighted by Gasteiger charge is -2.13. The van der Waals surface area contributed by atoms with Crippen LogP contribution in [0.3, 0.4) is 0 Å². The Morgan fingerprint density at radius 3 is 1.75 bits per heavy atom. The van der Waals surface area contributed by atoms with E-state index in [0.29, 0.717) is 33.8 Å². The third-order valence-corrected chi connectivity index (χ3v) is 5.38. The van der Waals surface area contributed by atoms with Crippen LogP contribution in [-0.4, -0.2) is 40.5 Å². The second-order valence-electron chi connectivity index (χ2n) is 5.63. The van der Waals surface area contributed by atoms with Gasteiger partial charge < -0.3 is 23.7 Å². The van der Waals surface area contributed by atoms with Crippen molar-refractivity contribution in [3.63, 3.8) is 0 Å². The second-order valence-corrected chi connectivity index (χ2v) is 6.90. The van der Waals surface area contributed by atoms with Crippen LogP contribution in [0.1, 0.15) is 0 Å². The van der Waals surface area contributed by atoms with E-state index in [1.807, 2.05) is 17.5 Å². The number of aromatic nitrogens is 1. The molecule has 0 radical (unpaired) electrons. The normalized spacial score (nSPS) is 10.5. The summed E-state index contributed by atoms with van der Waals surface area (Å²) in [7, 11) is 7.92. The van der Waals surface area contributed by atoms with E-state index in [4.69, 9.17) is 40.3 Å². The Labute approximate surface area is 172 Å². The van der Waals surface area contributed by atoms with Gasteiger partial charge in [-0.15, -0.1) is 11.3 Å². The van der Waals surface area contributed by atoms with Gasteiger partial charge in [-0.25, -0.2) is 4.98 Å². The fourth-order valence-electron chi connectivity index (χ4n) is 2.77. The molecule has 8 heteroatoms. The summed E-state index contributed by atoms with van der Waals surface area (Å²) >= 11 is 7.91. The molecule has 0 spiro atoms. The summed E-state index contributed by atoms with van der Waals surface area (Å²) in [6.07, 6.45) is 0. The lowest BCUT2D eigenvalue weighted by Crippen LogP contribution is -1.95. The lowest BCUT2D eigenvalue weighted by molar-refractivity contribution is 0.349. The van der Waals surface area contributed by atoms with Crippen molar-refractivity contribution in [2.24, 2.45) is 0 Å². The molecule has 0 aliphatic carbocycles. The zero-order valence-electron chi connectivity index (χ0n) is 16.2. The molecule has 0 bridgehead atoms. The minimum atomic E-state index is 0.522. The topological polar surface area (TPSA) is 59.0 Å². The molecule has 1 heterocycles. The molecule has 2 aromatic carbocycles. The molecule has 1 aromatic heterocycles. The summed E-state index contributed by atoms with van der Waals surface area (Å²) in [5.74, 6) is 2.97. The molecule has 0 aliphatic heterocycles. The van der Waals surface area contributed by atoms with E-state index in [-0.39, 0.29) is 0 Å². The van der Waals surface area contributed by atoms with Gasteiger partial charge in [-0.3, -0.25) is 0 Å². The molecule has 0 saturated carbocycles. The standard InChI is InChI=1S/C20H20ClNO5S/c1-23-15-9-19(27-5)17(25-3)7-12(15)20-22-14(10-28-20)11-6-16(24-2)18(26-4)8-13(11)21/h6-10H,1-5H3. The second kappa shape index (κ2) is 8.58. The van der Waals surface area contributed by atoms with Crippen molar-refractivity contribution in [3.05, 3.63) is 34.7 Å². The zero-order valence-corrected chi connectivity index (χ0v) is 17.7. The number of ether oxygens (including phenoxy) is 5. The highest BCUT2D eigenvalue weighted by Crippen LogP contribution is 2.43. The van der Waals surface area contributed by atoms with Crippen LogP contribution in [0.15, 0.2) is 29.6 Å². The Morgan fingerprint density at radius 1 is 0.679 bits per heavy atom. The molecular weight excluding hydrogens is 402 g/mol. The van der Waals surface area contributed by atoms with E-state index in [0.717, 1.165) is 21.8 Å². The minimum absolute atomic E-state index is 0.522. The molecule has 0 atom stereocenters. The molecule has 148 valence electrons. The zero-order chi connectivity index (χ0) is 20.3. The lowest BCUT2D eigenvalue weighted by atomic mass is 10.1. The molecule has 0 aliphatic rings. The predicted octanol–water partition coefficient (Wildman–Crippen LogP) is 5.17. The number of hydrogen-bond acceptors (Lipinski definition) is 7. The van der Waals surface area contributed by atoms with E-state index in [9.17, 15) is 0 Å². The van der Waals surface area contributed by atoms with Gasteiger partial charge in [0.1, 0.15) is 10.8 Å². The van der Waals surface area contributed by atoms with Gasteiger partial charge >= 0.3 is 0 Å². The van der Waals surface area contributed by atoms with Gasteiger partial charge in [-0.2, -0.15) is 0 Å². The number of thiazole rings is 1. The first-order valence-corrected chi connectivity index (χ1v) is 9.49. The quantitative estimate of drug-likeness (QED) is 0.524. The van der Waals surface area contributed by atoms with E-state index >= 15 is 0 Å². The Bertz CT molecular complexity index is 989. The summed E-state index contributed by atoms with van der Waals surface area (Å²) in [5, 5.41) is 3.21. The van der Waals surface area contributed by atoms with E-state index in [1.54, 1.807) is 47.7 Å². The number of nitrogens with zero attached hydrogens (tertiary/aromatic N) is 1. The molecule has 0 unspecified atom stereocenters. The average Bonchev–Trinajstić information content (AvgIpc) is 3.21. The minimum Gasteiger partial charge on any atom is -0.496 e. The van der Waals surface area contributed by atoms with Gasteiger partial charge in [-0.1, -0.05) is 11.6 Å². The Balaban J connectivity index is 2.08. The van der Waals surface area contributed by atoms with Crippen molar-refractivity contribution in [1.29, 1.82) is 0 Å². The molecule has 6 nitrogen and oxygen atoms in total. The van der Waals surface area contributed by atoms with Crippen LogP contribution >= 0.6 is 22.9 Å². The van der Waals surface area contributed by atoms with Gasteiger partial charge in [0, 0.05) is 23.1 Å². The van der Waals surface area contributed by atoms with Crippen LogP contribution in [0.4, 0.5) is 0 Å². The van der Waals surface area contributed by atoms with Crippen LogP contribution in [0.2, 0.25) is 5.02 Å². The molecular formula is C20H20ClNO5S. The van der Waals surface area contributed by atoms with E-state index in [2.05, 4.69) is 0 Å². The monoisotopic (exact) mass is 421 g/mol. The first kappa shape index (κ1) is 20.1. The van der Waals surface area contributed by atoms with Crippen molar-refractivity contribution < 1.29 is 23.7 Å². The smallest absolute Gasteiger partial charge is 0.164 e. The largest absolute Gasteiger partial charge is 0.496 e. The highest BCUT2D eigenvalue weighted by Gasteiger charge is 2.18. The van der Waals surface area contributed by atoms with Gasteiger partial charge in [0.2, 0.25) is 0 Å². The third-order valence-electron chi connectivity index (χ3n) is 4.19. The first-order valence-electron chi connectivity index (χ1n) is 8.24. The first-order chi connectivity index (χ1) is 13.6. The van der Waals surface area contributed by atoms with Gasteiger partial charge in [-0.05, 0) is 12.1 Å². The number of rotatable bonds is 7. The molecule has 0 saturated heterocycles. The van der Waals surface area contributed by atoms with Crippen molar-refractivity contribution in [1.82, 2.24) is 4.98 Å². The van der Waals surface area contributed by atoms with Crippen LogP contribution in [0.5, 0.6) is 28.7 Å². The third kappa shape index (κ3) is 3.68. The number of halogens is 1. The SMILES string of the molecule is COc1cc(Cl)c(-c2csc(-c3cc(OC)c(OC)cc3OC)n2)cc1OC. The molecule has 3 rings (SSSR count). The van der Waals surface area contributed by atoms with Gasteiger partial charge in [0.15, 0.2) is 23.0 Å². The van der Waals surface area contributed by atoms with Crippen molar-refractivity contribution >= 4 is 22.9 Å². The van der Waals surface area contributed by atoms with Crippen molar-refractivity contribution in [2.45, 2.75) is 0 Å². The summed E-state index contributed by atoms with van der Waals surface area (Å²) < 4.78 is 26.9. The van der Waals surface area contributed by atoms with Crippen LogP contribution in [-0.2, 0) is 0 Å². The molecule has 0 N–H and O–H groups in total. The number of benzene rings is 2. The van der Waals surface area contributed by atoms with E-state index in [1.165, 1.54) is 11.3 Å². The van der Waals surface area contributed by atoms with Crippen LogP contribution in [0, 0.1) is 0 Å². The summed E-state index contributed by atoms with van der Waals surface area (Å²) in [6, 6.07) is 7.15. The van der Waals surface area contributed by atoms with Gasteiger partial charge in [0.25, 0.3) is 0 Å². The fraction of sp³-hybridized carbons (Fsp3) is 0.250. The fourth-order valence-corrected chi connectivity index (χ4v) is 3.86. The van der Waals surface area contributed by atoms with Crippen molar-refractivity contribution in [2.75, 3.05) is 35.5 Å². The summed E-state index contributed by atoms with van der Waals surface area (Å²) in [5.41, 5.74) is 2.28. The summed E-state index contributed by atoms with van der Waals surface area (Å²) in [6.45, 7) is 0. The summed E-state index contributed by atoms with van der Waals surface area (Å²) in [4.78, 5) is 4.74. The maximum Gasteiger partial charge on any atom is 0.164 e. The Kier molecular flexibility index (Phi) is 6.16.